The number of carboxylic acid groups (broad SMARTS) is 1. The van der Waals surface area contributed by atoms with Gasteiger partial charge in [0.1, 0.15) is 5.75 Å². The largest absolute Gasteiger partial charge is 0.716 e. The molecular weight excluding hydrogens is 236 g/mol. The summed E-state index contributed by atoms with van der Waals surface area (Å²) in [6.45, 7) is 0. The second-order valence-corrected chi connectivity index (χ2v) is 3.99. The Bertz CT molecular complexity index is 479. The molecule has 0 unspecified atom stereocenters. The molecule has 16 heavy (non-hydrogen) atoms. The zero-order chi connectivity index (χ0) is 12.2. The highest BCUT2D eigenvalue weighted by Crippen LogP contribution is 2.15. The van der Waals surface area contributed by atoms with Gasteiger partial charge in [0, 0.05) is 5.97 Å². The first-order chi connectivity index (χ1) is 7.37. The fraction of sp³-hybridized carbons (Fsp3) is 0.222. The van der Waals surface area contributed by atoms with Crippen molar-refractivity contribution in [3.8, 4) is 5.75 Å². The van der Waals surface area contributed by atoms with E-state index in [0.717, 1.165) is 0 Å². The number of hydrogen-bond acceptors (Lipinski definition) is 6. The van der Waals surface area contributed by atoms with Gasteiger partial charge < -0.3 is 18.6 Å². The molecule has 88 valence electrons. The minimum absolute atomic E-state index is 0.133. The average molecular weight is 244 g/mol. The molecule has 0 atom stereocenters. The highest BCUT2D eigenvalue weighted by molar-refractivity contribution is 7.81. The van der Waals surface area contributed by atoms with Crippen LogP contribution in [0.5, 0.6) is 5.75 Å². The topological polar surface area (TPSA) is 107 Å². The standard InChI is InChI=1S/C9H10O6S/c10-9(11)5-4-7-2-1-3-8(6-7)15-16(12,13)14/h1-3,6H,4-5H2,(H,10,11)(H,12,13,14)/p-2. The Morgan fingerprint density at radius 3 is 2.62 bits per heavy atom. The van der Waals surface area contributed by atoms with E-state index in [-0.39, 0.29) is 18.6 Å². The third-order valence-electron chi connectivity index (χ3n) is 1.71. The number of carbonyl (C=O) groups excluding carboxylic acids is 1. The maximum atomic E-state index is 10.3. The number of hydrogen-bond donors (Lipinski definition) is 0. The van der Waals surface area contributed by atoms with Crippen molar-refractivity contribution in [2.24, 2.45) is 0 Å². The lowest BCUT2D eigenvalue weighted by molar-refractivity contribution is -0.305. The molecule has 0 saturated heterocycles. The van der Waals surface area contributed by atoms with E-state index in [1.54, 1.807) is 6.07 Å². The average Bonchev–Trinajstić information content (AvgIpc) is 2.12. The second-order valence-electron chi connectivity index (χ2n) is 3.01. The lowest BCUT2D eigenvalue weighted by Gasteiger charge is -2.10. The lowest BCUT2D eigenvalue weighted by atomic mass is 10.1. The second kappa shape index (κ2) is 4.95. The molecule has 1 rings (SSSR count). The van der Waals surface area contributed by atoms with Gasteiger partial charge in [0.25, 0.3) is 10.4 Å². The SMILES string of the molecule is O=C([O-])CCc1cccc(OS(=O)(=O)[O-])c1. The molecule has 7 heteroatoms. The summed E-state index contributed by atoms with van der Waals surface area (Å²) < 4.78 is 35.0. The normalized spacial score (nSPS) is 11.1. The van der Waals surface area contributed by atoms with Gasteiger partial charge >= 0.3 is 0 Å². The van der Waals surface area contributed by atoms with Crippen molar-refractivity contribution in [3.05, 3.63) is 29.8 Å². The maximum absolute atomic E-state index is 10.3. The summed E-state index contributed by atoms with van der Waals surface area (Å²) in [6.07, 6.45) is -0.00792. The molecule has 0 fully saturated rings. The summed E-state index contributed by atoms with van der Waals surface area (Å²) >= 11 is 0. The fourth-order valence-electron chi connectivity index (χ4n) is 1.12. The van der Waals surface area contributed by atoms with Crippen LogP contribution in [-0.2, 0) is 21.6 Å². The highest BCUT2D eigenvalue weighted by Gasteiger charge is 2.01. The summed E-state index contributed by atoms with van der Waals surface area (Å²) in [5.41, 5.74) is 0.547. The van der Waals surface area contributed by atoms with E-state index in [1.807, 2.05) is 0 Å². The van der Waals surface area contributed by atoms with E-state index in [9.17, 15) is 22.9 Å². The molecule has 1 aromatic rings. The predicted molar refractivity (Wildman–Crippen MR) is 50.1 cm³/mol. The number of aliphatic carboxylic acids is 1. The molecule has 6 nitrogen and oxygen atoms in total. The summed E-state index contributed by atoms with van der Waals surface area (Å²) in [5, 5.41) is 10.2. The van der Waals surface area contributed by atoms with E-state index in [0.29, 0.717) is 5.56 Å². The molecule has 0 heterocycles. The Morgan fingerprint density at radius 2 is 2.06 bits per heavy atom. The summed E-state index contributed by atoms with van der Waals surface area (Å²) in [7, 11) is -4.80. The number of aryl methyl sites for hydroxylation is 1. The summed E-state index contributed by atoms with van der Waals surface area (Å²) in [6, 6.07) is 5.63. The molecule has 0 aromatic heterocycles. The van der Waals surface area contributed by atoms with Crippen LogP contribution in [-0.4, -0.2) is 18.9 Å². The molecule has 0 bridgehead atoms. The number of carbonyl (C=O) groups is 1. The number of benzene rings is 1. The van der Waals surface area contributed by atoms with Crippen molar-refractivity contribution >= 4 is 16.4 Å². The Morgan fingerprint density at radius 1 is 1.38 bits per heavy atom. The smallest absolute Gasteiger partial charge is 0.262 e. The van der Waals surface area contributed by atoms with Crippen molar-refractivity contribution in [2.75, 3.05) is 0 Å². The molecule has 1 aromatic carbocycles. The first kappa shape index (κ1) is 12.5. The van der Waals surface area contributed by atoms with Crippen LogP contribution in [0.25, 0.3) is 0 Å². The number of rotatable bonds is 5. The van der Waals surface area contributed by atoms with Gasteiger partial charge in [-0.05, 0) is 30.5 Å². The zero-order valence-electron chi connectivity index (χ0n) is 8.08. The van der Waals surface area contributed by atoms with Crippen LogP contribution in [0.2, 0.25) is 0 Å². The zero-order valence-corrected chi connectivity index (χ0v) is 8.90. The molecule has 0 aliphatic rings. The first-order valence-corrected chi connectivity index (χ1v) is 5.64. The molecule has 0 saturated carbocycles. The van der Waals surface area contributed by atoms with E-state index >= 15 is 0 Å². The van der Waals surface area contributed by atoms with E-state index < -0.39 is 16.4 Å². The van der Waals surface area contributed by atoms with Gasteiger partial charge in [-0.2, -0.15) is 0 Å². The van der Waals surface area contributed by atoms with Gasteiger partial charge in [0.15, 0.2) is 0 Å². The maximum Gasteiger partial charge on any atom is 0.262 e. The van der Waals surface area contributed by atoms with Crippen LogP contribution in [0.1, 0.15) is 12.0 Å². The minimum Gasteiger partial charge on any atom is -0.716 e. The third-order valence-corrected chi connectivity index (χ3v) is 2.11. The van der Waals surface area contributed by atoms with Gasteiger partial charge in [-0.3, -0.25) is 0 Å². The van der Waals surface area contributed by atoms with Gasteiger partial charge in [-0.25, -0.2) is 8.42 Å². The lowest BCUT2D eigenvalue weighted by Crippen LogP contribution is -2.22. The Hall–Kier alpha value is -1.60. The van der Waals surface area contributed by atoms with E-state index in [4.69, 9.17) is 0 Å². The van der Waals surface area contributed by atoms with Crippen molar-refractivity contribution in [3.63, 3.8) is 0 Å². The fourth-order valence-corrected chi connectivity index (χ4v) is 1.46. The summed E-state index contributed by atoms with van der Waals surface area (Å²) in [5.74, 6) is -1.34. The van der Waals surface area contributed by atoms with Crippen LogP contribution in [0.3, 0.4) is 0 Å². The van der Waals surface area contributed by atoms with Gasteiger partial charge in [-0.15, -0.1) is 0 Å². The van der Waals surface area contributed by atoms with Crippen LogP contribution in [0.4, 0.5) is 0 Å². The Labute approximate surface area is 92.4 Å². The molecule has 0 amide bonds. The van der Waals surface area contributed by atoms with Crippen molar-refractivity contribution < 1.29 is 27.1 Å². The minimum atomic E-state index is -4.80. The van der Waals surface area contributed by atoms with E-state index in [2.05, 4.69) is 4.18 Å². The van der Waals surface area contributed by atoms with Gasteiger partial charge in [0.05, 0.1) is 0 Å². The molecule has 0 aliphatic carbocycles. The molecule has 0 radical (unpaired) electrons. The molecular formula is C9H8O6S-2. The van der Waals surface area contributed by atoms with E-state index in [1.165, 1.54) is 18.2 Å². The van der Waals surface area contributed by atoms with Crippen LogP contribution in [0, 0.1) is 0 Å². The highest BCUT2D eigenvalue weighted by atomic mass is 32.3. The van der Waals surface area contributed by atoms with Gasteiger partial charge in [-0.1, -0.05) is 12.1 Å². The number of carboxylic acids is 1. The van der Waals surface area contributed by atoms with Crippen LogP contribution in [0.15, 0.2) is 24.3 Å². The Kier molecular flexibility index (Phi) is 3.86. The predicted octanol–water partition coefficient (Wildman–Crippen LogP) is -0.792. The quantitative estimate of drug-likeness (QED) is 0.496. The molecule has 0 aliphatic heterocycles. The summed E-state index contributed by atoms with van der Waals surface area (Å²) in [4.78, 5) is 10.2. The monoisotopic (exact) mass is 244 g/mol. The van der Waals surface area contributed by atoms with Crippen molar-refractivity contribution in [1.29, 1.82) is 0 Å². The van der Waals surface area contributed by atoms with Crippen LogP contribution < -0.4 is 9.29 Å². The Balaban J connectivity index is 2.75. The third kappa shape index (κ3) is 4.76. The van der Waals surface area contributed by atoms with Crippen LogP contribution >= 0.6 is 0 Å². The van der Waals surface area contributed by atoms with Gasteiger partial charge in [0.2, 0.25) is 0 Å². The van der Waals surface area contributed by atoms with Crippen molar-refractivity contribution in [2.45, 2.75) is 12.8 Å². The first-order valence-electron chi connectivity index (χ1n) is 4.31. The van der Waals surface area contributed by atoms with Crippen molar-refractivity contribution in [1.82, 2.24) is 0 Å². The molecule has 0 N–H and O–H groups in total. The molecule has 0 spiro atoms.